The number of nitrogens with one attached hydrogen (secondary N) is 1. The average Bonchev–Trinajstić information content (AvgIpc) is 2.93. The van der Waals surface area contributed by atoms with Crippen LogP contribution in [0.3, 0.4) is 0 Å². The topological polar surface area (TPSA) is 54.5 Å². The van der Waals surface area contributed by atoms with Crippen LogP contribution >= 0.6 is 0 Å². The molecule has 0 bridgehead atoms. The lowest BCUT2D eigenvalue weighted by atomic mass is 10.1. The van der Waals surface area contributed by atoms with Gasteiger partial charge in [-0.2, -0.15) is 0 Å². The summed E-state index contributed by atoms with van der Waals surface area (Å²) in [4.78, 5) is 17.9. The van der Waals surface area contributed by atoms with E-state index in [1.165, 1.54) is 12.3 Å². The summed E-state index contributed by atoms with van der Waals surface area (Å²) in [5.41, 5.74) is 0.351. The SMILES string of the molecule is CC(NCC1CCN(C(=O)OC(C)(C)C)C1)c1ccc(F)cn1. The standard InChI is InChI=1S/C17H26FN3O2/c1-12(15-6-5-14(18)10-20-15)19-9-13-7-8-21(11-13)16(22)23-17(2,3)4/h5-6,10,12-13,19H,7-9,11H2,1-4H3. The zero-order chi connectivity index (χ0) is 17.0. The third kappa shape index (κ3) is 5.46. The number of hydrogen-bond donors (Lipinski definition) is 1. The summed E-state index contributed by atoms with van der Waals surface area (Å²) in [6, 6.07) is 3.15. The molecule has 1 saturated heterocycles. The number of aromatic nitrogens is 1. The van der Waals surface area contributed by atoms with Gasteiger partial charge in [0.15, 0.2) is 0 Å². The number of amides is 1. The second-order valence-electron chi connectivity index (χ2n) is 7.11. The van der Waals surface area contributed by atoms with Gasteiger partial charge in [0.1, 0.15) is 11.4 Å². The lowest BCUT2D eigenvalue weighted by molar-refractivity contribution is 0.0288. The molecule has 1 fully saturated rings. The molecule has 0 radical (unpaired) electrons. The molecule has 1 N–H and O–H groups in total. The maximum absolute atomic E-state index is 12.9. The lowest BCUT2D eigenvalue weighted by Crippen LogP contribution is -2.36. The summed E-state index contributed by atoms with van der Waals surface area (Å²) >= 11 is 0. The molecule has 2 rings (SSSR count). The number of rotatable bonds is 4. The minimum atomic E-state index is -0.462. The fourth-order valence-corrected chi connectivity index (χ4v) is 2.58. The Morgan fingerprint density at radius 2 is 2.26 bits per heavy atom. The lowest BCUT2D eigenvalue weighted by Gasteiger charge is -2.24. The van der Waals surface area contributed by atoms with Crippen LogP contribution in [0.2, 0.25) is 0 Å². The van der Waals surface area contributed by atoms with E-state index in [-0.39, 0.29) is 18.0 Å². The summed E-state index contributed by atoms with van der Waals surface area (Å²) in [5.74, 6) is 0.0650. The molecule has 1 aliphatic rings. The van der Waals surface area contributed by atoms with E-state index in [2.05, 4.69) is 10.3 Å². The molecule has 1 aliphatic heterocycles. The van der Waals surface area contributed by atoms with Crippen molar-refractivity contribution < 1.29 is 13.9 Å². The molecule has 1 amide bonds. The van der Waals surface area contributed by atoms with Gasteiger partial charge < -0.3 is 15.0 Å². The smallest absolute Gasteiger partial charge is 0.410 e. The van der Waals surface area contributed by atoms with Crippen molar-refractivity contribution in [3.8, 4) is 0 Å². The summed E-state index contributed by atoms with van der Waals surface area (Å²) in [6.07, 6.45) is 1.94. The number of carbonyl (C=O) groups is 1. The molecule has 5 nitrogen and oxygen atoms in total. The van der Waals surface area contributed by atoms with Crippen molar-refractivity contribution in [2.75, 3.05) is 19.6 Å². The first-order chi connectivity index (χ1) is 10.7. The number of hydrogen-bond acceptors (Lipinski definition) is 4. The minimum Gasteiger partial charge on any atom is -0.444 e. The van der Waals surface area contributed by atoms with Crippen LogP contribution in [0, 0.1) is 11.7 Å². The largest absolute Gasteiger partial charge is 0.444 e. The number of likely N-dealkylation sites (tertiary alicyclic amines) is 1. The normalized spacial score (nSPS) is 19.7. The van der Waals surface area contributed by atoms with Crippen molar-refractivity contribution in [2.24, 2.45) is 5.92 Å². The highest BCUT2D eigenvalue weighted by atomic mass is 19.1. The first-order valence-electron chi connectivity index (χ1n) is 8.07. The van der Waals surface area contributed by atoms with Gasteiger partial charge in [0.25, 0.3) is 0 Å². The fourth-order valence-electron chi connectivity index (χ4n) is 2.58. The molecule has 6 heteroatoms. The van der Waals surface area contributed by atoms with E-state index in [1.807, 2.05) is 27.7 Å². The first kappa shape index (κ1) is 17.7. The Morgan fingerprint density at radius 3 is 2.87 bits per heavy atom. The molecular formula is C17H26FN3O2. The molecule has 2 heterocycles. The van der Waals surface area contributed by atoms with E-state index in [1.54, 1.807) is 11.0 Å². The quantitative estimate of drug-likeness (QED) is 0.925. The van der Waals surface area contributed by atoms with Gasteiger partial charge in [0.2, 0.25) is 0 Å². The van der Waals surface area contributed by atoms with Gasteiger partial charge in [-0.05, 0) is 52.2 Å². The number of ether oxygens (including phenoxy) is 1. The molecule has 1 aromatic heterocycles. The van der Waals surface area contributed by atoms with Gasteiger partial charge in [-0.1, -0.05) is 0 Å². The predicted octanol–water partition coefficient (Wildman–Crippen LogP) is 3.13. The first-order valence-corrected chi connectivity index (χ1v) is 8.07. The molecule has 23 heavy (non-hydrogen) atoms. The van der Waals surface area contributed by atoms with Gasteiger partial charge >= 0.3 is 6.09 Å². The summed E-state index contributed by atoms with van der Waals surface area (Å²) < 4.78 is 18.3. The van der Waals surface area contributed by atoms with E-state index in [9.17, 15) is 9.18 Å². The Bertz CT molecular complexity index is 528. The molecule has 2 unspecified atom stereocenters. The van der Waals surface area contributed by atoms with Crippen LogP contribution < -0.4 is 5.32 Å². The Balaban J connectivity index is 1.77. The van der Waals surface area contributed by atoms with Gasteiger partial charge in [0, 0.05) is 25.7 Å². The van der Waals surface area contributed by atoms with Crippen LogP contribution in [0.15, 0.2) is 18.3 Å². The Morgan fingerprint density at radius 1 is 1.52 bits per heavy atom. The van der Waals surface area contributed by atoms with Crippen LogP contribution in [0.25, 0.3) is 0 Å². The van der Waals surface area contributed by atoms with E-state index < -0.39 is 5.60 Å². The van der Waals surface area contributed by atoms with Gasteiger partial charge in [0.05, 0.1) is 11.9 Å². The highest BCUT2D eigenvalue weighted by Gasteiger charge is 2.29. The number of pyridine rings is 1. The van der Waals surface area contributed by atoms with Crippen molar-refractivity contribution in [1.29, 1.82) is 0 Å². The van der Waals surface area contributed by atoms with Crippen LogP contribution in [-0.4, -0.2) is 41.2 Å². The monoisotopic (exact) mass is 323 g/mol. The zero-order valence-corrected chi connectivity index (χ0v) is 14.3. The van der Waals surface area contributed by atoms with Crippen molar-refractivity contribution >= 4 is 6.09 Å². The molecule has 0 saturated carbocycles. The maximum atomic E-state index is 12.9. The van der Waals surface area contributed by atoms with E-state index in [0.717, 1.165) is 25.2 Å². The molecule has 0 spiro atoms. The minimum absolute atomic E-state index is 0.0474. The van der Waals surface area contributed by atoms with Crippen LogP contribution in [0.5, 0.6) is 0 Å². The van der Waals surface area contributed by atoms with E-state index >= 15 is 0 Å². The second kappa shape index (κ2) is 7.25. The fraction of sp³-hybridized carbons (Fsp3) is 0.647. The highest BCUT2D eigenvalue weighted by molar-refractivity contribution is 5.68. The van der Waals surface area contributed by atoms with Crippen LogP contribution in [0.4, 0.5) is 9.18 Å². The number of nitrogens with zero attached hydrogens (tertiary/aromatic N) is 2. The number of halogens is 1. The van der Waals surface area contributed by atoms with Gasteiger partial charge in [-0.15, -0.1) is 0 Å². The molecule has 0 aliphatic carbocycles. The summed E-state index contributed by atoms with van der Waals surface area (Å²) in [6.45, 7) is 9.84. The van der Waals surface area contributed by atoms with Crippen LogP contribution in [-0.2, 0) is 4.74 Å². The van der Waals surface area contributed by atoms with Crippen LogP contribution in [0.1, 0.15) is 45.9 Å². The van der Waals surface area contributed by atoms with Crippen molar-refractivity contribution in [1.82, 2.24) is 15.2 Å². The second-order valence-corrected chi connectivity index (χ2v) is 7.11. The zero-order valence-electron chi connectivity index (χ0n) is 14.3. The highest BCUT2D eigenvalue weighted by Crippen LogP contribution is 2.20. The summed E-state index contributed by atoms with van der Waals surface area (Å²) in [5, 5.41) is 3.40. The number of carbonyl (C=O) groups excluding carboxylic acids is 1. The van der Waals surface area contributed by atoms with E-state index in [0.29, 0.717) is 12.5 Å². The molecule has 2 atom stereocenters. The Kier molecular flexibility index (Phi) is 5.57. The molecular weight excluding hydrogens is 297 g/mol. The Hall–Kier alpha value is -1.69. The predicted molar refractivity (Wildman–Crippen MR) is 86.5 cm³/mol. The third-order valence-corrected chi connectivity index (χ3v) is 3.84. The summed E-state index contributed by atoms with van der Waals surface area (Å²) in [7, 11) is 0. The third-order valence-electron chi connectivity index (χ3n) is 3.84. The van der Waals surface area contributed by atoms with Crippen molar-refractivity contribution in [3.63, 3.8) is 0 Å². The Labute approximate surface area is 137 Å². The maximum Gasteiger partial charge on any atom is 0.410 e. The van der Waals surface area contributed by atoms with E-state index in [4.69, 9.17) is 4.74 Å². The average molecular weight is 323 g/mol. The molecule has 128 valence electrons. The van der Waals surface area contributed by atoms with Crippen molar-refractivity contribution in [2.45, 2.75) is 45.8 Å². The van der Waals surface area contributed by atoms with Crippen molar-refractivity contribution in [3.05, 3.63) is 29.8 Å². The molecule has 0 aromatic carbocycles. The molecule has 1 aromatic rings. The van der Waals surface area contributed by atoms with Gasteiger partial charge in [-0.25, -0.2) is 9.18 Å². The van der Waals surface area contributed by atoms with Gasteiger partial charge in [-0.3, -0.25) is 4.98 Å².